The van der Waals surface area contributed by atoms with Gasteiger partial charge in [-0.1, -0.05) is 12.1 Å². The summed E-state index contributed by atoms with van der Waals surface area (Å²) in [5.74, 6) is 1.71. The molecule has 0 bridgehead atoms. The van der Waals surface area contributed by atoms with Gasteiger partial charge in [-0.15, -0.1) is 11.6 Å². The van der Waals surface area contributed by atoms with Crippen LogP contribution in [-0.4, -0.2) is 30.0 Å². The second-order valence-electron chi connectivity index (χ2n) is 6.29. The van der Waals surface area contributed by atoms with Crippen molar-refractivity contribution in [2.75, 3.05) is 19.0 Å². The number of unbranched alkanes of at least 4 members (excludes halogenated alkanes) is 1. The number of alkyl halides is 1. The van der Waals surface area contributed by atoms with Crippen LogP contribution in [0.5, 0.6) is 5.75 Å². The van der Waals surface area contributed by atoms with E-state index in [2.05, 4.69) is 29.2 Å². The highest BCUT2D eigenvalue weighted by atomic mass is 35.5. The molecule has 2 saturated heterocycles. The largest absolute Gasteiger partial charge is 0.494 e. The normalized spacial score (nSPS) is 25.8. The summed E-state index contributed by atoms with van der Waals surface area (Å²) in [7, 11) is 0. The molecule has 2 fully saturated rings. The van der Waals surface area contributed by atoms with Crippen molar-refractivity contribution in [3.8, 4) is 5.75 Å². The molecule has 2 atom stereocenters. The second kappa shape index (κ2) is 7.51. The molecular formula is C18H26ClNO. The molecule has 21 heavy (non-hydrogen) atoms. The highest BCUT2D eigenvalue weighted by molar-refractivity contribution is 6.17. The van der Waals surface area contributed by atoms with E-state index in [0.29, 0.717) is 6.04 Å². The minimum atomic E-state index is 0.636. The third-order valence-electron chi connectivity index (χ3n) is 4.90. The quantitative estimate of drug-likeness (QED) is 0.554. The van der Waals surface area contributed by atoms with Crippen molar-refractivity contribution in [3.05, 3.63) is 29.8 Å². The number of piperidine rings is 1. The summed E-state index contributed by atoms with van der Waals surface area (Å²) in [5.41, 5.74) is 1.47. The monoisotopic (exact) mass is 307 g/mol. The summed E-state index contributed by atoms with van der Waals surface area (Å²) in [6.45, 7) is 2.05. The smallest absolute Gasteiger partial charge is 0.119 e. The predicted octanol–water partition coefficient (Wildman–Crippen LogP) is 4.77. The average molecular weight is 308 g/mol. The highest BCUT2D eigenvalue weighted by Crippen LogP contribution is 2.39. The summed E-state index contributed by atoms with van der Waals surface area (Å²) >= 11 is 5.67. The van der Waals surface area contributed by atoms with Crippen LogP contribution in [0, 0.1) is 0 Å². The maximum atomic E-state index is 5.76. The van der Waals surface area contributed by atoms with E-state index in [1.807, 2.05) is 0 Å². The van der Waals surface area contributed by atoms with Crippen LogP contribution < -0.4 is 4.74 Å². The third kappa shape index (κ3) is 3.73. The molecule has 2 heterocycles. The highest BCUT2D eigenvalue weighted by Gasteiger charge is 2.34. The molecule has 2 aliphatic heterocycles. The lowest BCUT2D eigenvalue weighted by Crippen LogP contribution is -2.37. The number of benzene rings is 1. The molecule has 0 saturated carbocycles. The van der Waals surface area contributed by atoms with E-state index in [4.69, 9.17) is 16.3 Å². The number of halogens is 1. The molecule has 0 spiro atoms. The Morgan fingerprint density at radius 3 is 2.67 bits per heavy atom. The molecule has 3 rings (SSSR count). The lowest BCUT2D eigenvalue weighted by Gasteiger charge is -2.38. The molecule has 0 aromatic heterocycles. The standard InChI is InChI=1S/C18H26ClNO/c19-12-1-2-14-21-17-10-8-15(9-11-17)18-7-3-5-16-6-4-13-20(16)18/h8-11,16,18H,1-7,12-14H2/t16-,18+/m1/s1. The first-order valence-electron chi connectivity index (χ1n) is 8.43. The van der Waals surface area contributed by atoms with Gasteiger partial charge in [0.2, 0.25) is 0 Å². The van der Waals surface area contributed by atoms with Crippen molar-refractivity contribution >= 4 is 11.6 Å². The zero-order valence-corrected chi connectivity index (χ0v) is 13.5. The molecule has 0 aliphatic carbocycles. The third-order valence-corrected chi connectivity index (χ3v) is 5.17. The topological polar surface area (TPSA) is 12.5 Å². The molecule has 1 aromatic carbocycles. The Hall–Kier alpha value is -0.730. The summed E-state index contributed by atoms with van der Waals surface area (Å²) in [5, 5.41) is 0. The van der Waals surface area contributed by atoms with Crippen LogP contribution in [0.2, 0.25) is 0 Å². The lowest BCUT2D eigenvalue weighted by molar-refractivity contribution is 0.123. The van der Waals surface area contributed by atoms with Crippen LogP contribution in [0.4, 0.5) is 0 Å². The molecule has 0 amide bonds. The number of fused-ring (bicyclic) bond motifs is 1. The Morgan fingerprint density at radius 1 is 1.05 bits per heavy atom. The van der Waals surface area contributed by atoms with Gasteiger partial charge in [0.05, 0.1) is 6.61 Å². The van der Waals surface area contributed by atoms with Gasteiger partial charge in [0, 0.05) is 18.0 Å². The van der Waals surface area contributed by atoms with Gasteiger partial charge in [0.1, 0.15) is 5.75 Å². The van der Waals surface area contributed by atoms with Gasteiger partial charge in [0.25, 0.3) is 0 Å². The van der Waals surface area contributed by atoms with Crippen molar-refractivity contribution in [1.82, 2.24) is 4.90 Å². The van der Waals surface area contributed by atoms with E-state index in [9.17, 15) is 0 Å². The van der Waals surface area contributed by atoms with E-state index >= 15 is 0 Å². The number of ether oxygens (including phenoxy) is 1. The maximum Gasteiger partial charge on any atom is 0.119 e. The Labute approximate surface area is 133 Å². The van der Waals surface area contributed by atoms with Crippen LogP contribution in [0.25, 0.3) is 0 Å². The average Bonchev–Trinajstić information content (AvgIpc) is 3.01. The van der Waals surface area contributed by atoms with Gasteiger partial charge in [-0.3, -0.25) is 4.90 Å². The number of hydrogen-bond acceptors (Lipinski definition) is 2. The number of nitrogens with zero attached hydrogens (tertiary/aromatic N) is 1. The fourth-order valence-corrected chi connectivity index (χ4v) is 4.01. The summed E-state index contributed by atoms with van der Waals surface area (Å²) in [6, 6.07) is 10.3. The Morgan fingerprint density at radius 2 is 1.86 bits per heavy atom. The number of hydrogen-bond donors (Lipinski definition) is 0. The lowest BCUT2D eigenvalue weighted by atomic mass is 9.92. The van der Waals surface area contributed by atoms with Crippen molar-refractivity contribution in [2.24, 2.45) is 0 Å². The fourth-order valence-electron chi connectivity index (χ4n) is 3.82. The maximum absolute atomic E-state index is 5.76. The molecule has 2 aliphatic rings. The zero-order valence-electron chi connectivity index (χ0n) is 12.8. The summed E-state index contributed by atoms with van der Waals surface area (Å²) in [6.07, 6.45) is 8.93. The molecule has 0 unspecified atom stereocenters. The summed E-state index contributed by atoms with van der Waals surface area (Å²) in [4.78, 5) is 2.74. The van der Waals surface area contributed by atoms with Crippen LogP contribution in [0.3, 0.4) is 0 Å². The van der Waals surface area contributed by atoms with Gasteiger partial charge >= 0.3 is 0 Å². The molecular weight excluding hydrogens is 282 g/mol. The minimum Gasteiger partial charge on any atom is -0.494 e. The molecule has 0 radical (unpaired) electrons. The van der Waals surface area contributed by atoms with Gasteiger partial charge in [-0.05, 0) is 69.2 Å². The van der Waals surface area contributed by atoms with Gasteiger partial charge in [-0.2, -0.15) is 0 Å². The van der Waals surface area contributed by atoms with E-state index in [-0.39, 0.29) is 0 Å². The number of rotatable bonds is 6. The fraction of sp³-hybridized carbons (Fsp3) is 0.667. The van der Waals surface area contributed by atoms with Gasteiger partial charge in [0.15, 0.2) is 0 Å². The first-order valence-corrected chi connectivity index (χ1v) is 8.96. The van der Waals surface area contributed by atoms with Crippen LogP contribution in [0.1, 0.15) is 56.6 Å². The van der Waals surface area contributed by atoms with Crippen molar-refractivity contribution in [1.29, 1.82) is 0 Å². The molecule has 3 heteroatoms. The van der Waals surface area contributed by atoms with Crippen LogP contribution >= 0.6 is 11.6 Å². The second-order valence-corrected chi connectivity index (χ2v) is 6.67. The first-order chi connectivity index (χ1) is 10.4. The van der Waals surface area contributed by atoms with Crippen LogP contribution in [-0.2, 0) is 0 Å². The zero-order chi connectivity index (χ0) is 14.5. The molecule has 116 valence electrons. The SMILES string of the molecule is ClCCCCOc1ccc([C@@H]2CCC[C@@H]3CCCN32)cc1. The van der Waals surface area contributed by atoms with E-state index in [1.54, 1.807) is 0 Å². The van der Waals surface area contributed by atoms with Crippen molar-refractivity contribution in [3.63, 3.8) is 0 Å². The van der Waals surface area contributed by atoms with Crippen LogP contribution in [0.15, 0.2) is 24.3 Å². The molecule has 2 nitrogen and oxygen atoms in total. The van der Waals surface area contributed by atoms with Crippen molar-refractivity contribution < 1.29 is 4.74 Å². The van der Waals surface area contributed by atoms with E-state index < -0.39 is 0 Å². The van der Waals surface area contributed by atoms with Crippen molar-refractivity contribution in [2.45, 2.75) is 57.0 Å². The first kappa shape index (κ1) is 15.2. The van der Waals surface area contributed by atoms with E-state index in [0.717, 1.165) is 37.1 Å². The molecule has 1 aromatic rings. The molecule has 0 N–H and O–H groups in total. The Kier molecular flexibility index (Phi) is 5.43. The predicted molar refractivity (Wildman–Crippen MR) is 88.2 cm³/mol. The summed E-state index contributed by atoms with van der Waals surface area (Å²) < 4.78 is 5.76. The Balaban J connectivity index is 1.58. The van der Waals surface area contributed by atoms with E-state index in [1.165, 1.54) is 44.2 Å². The van der Waals surface area contributed by atoms with Gasteiger partial charge < -0.3 is 4.74 Å². The Bertz CT molecular complexity index is 433. The minimum absolute atomic E-state index is 0.636. The van der Waals surface area contributed by atoms with Gasteiger partial charge in [-0.25, -0.2) is 0 Å².